The second kappa shape index (κ2) is 11.5. The summed E-state index contributed by atoms with van der Waals surface area (Å²) in [5.41, 5.74) is 0. The van der Waals surface area contributed by atoms with E-state index in [1.165, 1.54) is 119 Å². The second-order valence-electron chi connectivity index (χ2n) is 8.45. The molecule has 0 spiro atoms. The Morgan fingerprint density at radius 1 is 0.609 bits per heavy atom. The molecule has 0 bridgehead atoms. The molecule has 2 aliphatic rings. The molecule has 0 aromatic carbocycles. The van der Waals surface area contributed by atoms with Crippen LogP contribution in [0.4, 0.5) is 0 Å². The Balaban J connectivity index is 0.000000231. The molecule has 0 atom stereocenters. The molecule has 2 heterocycles. The maximum atomic E-state index is 2.43. The van der Waals surface area contributed by atoms with Crippen molar-refractivity contribution >= 4 is 0 Å². The van der Waals surface area contributed by atoms with Crippen molar-refractivity contribution in [1.82, 2.24) is 0 Å². The first-order valence-electron chi connectivity index (χ1n) is 10.8. The summed E-state index contributed by atoms with van der Waals surface area (Å²) in [6.45, 7) is 16.9. The Morgan fingerprint density at radius 2 is 1.17 bits per heavy atom. The molecule has 0 aromatic heterocycles. The van der Waals surface area contributed by atoms with Gasteiger partial charge in [-0.1, -0.05) is 33.1 Å². The minimum Gasteiger partial charge on any atom is -0.326 e. The van der Waals surface area contributed by atoms with E-state index < -0.39 is 0 Å². The van der Waals surface area contributed by atoms with Crippen LogP contribution >= 0.6 is 0 Å². The van der Waals surface area contributed by atoms with E-state index in [2.05, 4.69) is 27.8 Å². The van der Waals surface area contributed by atoms with Crippen molar-refractivity contribution in [2.24, 2.45) is 0 Å². The highest BCUT2D eigenvalue weighted by Crippen LogP contribution is 2.20. The molecule has 2 fully saturated rings. The molecule has 138 valence electrons. The maximum absolute atomic E-state index is 2.43. The molecular formula is C21H46N2+2. The summed E-state index contributed by atoms with van der Waals surface area (Å²) < 4.78 is 2.79. The molecule has 2 aliphatic heterocycles. The van der Waals surface area contributed by atoms with E-state index in [1.807, 2.05) is 0 Å². The summed E-state index contributed by atoms with van der Waals surface area (Å²) in [7, 11) is 2.43. The van der Waals surface area contributed by atoms with Crippen molar-refractivity contribution in [1.29, 1.82) is 0 Å². The summed E-state index contributed by atoms with van der Waals surface area (Å²) in [4.78, 5) is 0. The second-order valence-corrected chi connectivity index (χ2v) is 8.45. The molecule has 0 aliphatic carbocycles. The first-order chi connectivity index (χ1) is 11.1. The zero-order valence-electron chi connectivity index (χ0n) is 16.9. The lowest BCUT2D eigenvalue weighted by molar-refractivity contribution is -0.915. The van der Waals surface area contributed by atoms with Gasteiger partial charge in [0, 0.05) is 25.7 Å². The van der Waals surface area contributed by atoms with Crippen LogP contribution in [0, 0.1) is 0 Å². The van der Waals surface area contributed by atoms with Crippen molar-refractivity contribution in [3.63, 3.8) is 0 Å². The van der Waals surface area contributed by atoms with Crippen LogP contribution in [-0.4, -0.2) is 61.8 Å². The Labute approximate surface area is 147 Å². The SMILES string of the molecule is CCCCCC[N+]1(C)CCCC1.CCCC[N+]1(CC)CCCC1. The lowest BCUT2D eigenvalue weighted by Crippen LogP contribution is -2.45. The summed E-state index contributed by atoms with van der Waals surface area (Å²) in [6.07, 6.45) is 14.3. The molecule has 23 heavy (non-hydrogen) atoms. The van der Waals surface area contributed by atoms with Gasteiger partial charge in [0.05, 0.1) is 52.9 Å². The number of rotatable bonds is 9. The third-order valence-electron chi connectivity index (χ3n) is 6.37. The molecule has 0 radical (unpaired) electrons. The van der Waals surface area contributed by atoms with Gasteiger partial charge in [-0.2, -0.15) is 0 Å². The van der Waals surface area contributed by atoms with Crippen molar-refractivity contribution < 1.29 is 8.97 Å². The van der Waals surface area contributed by atoms with Crippen LogP contribution in [0.3, 0.4) is 0 Å². The first-order valence-corrected chi connectivity index (χ1v) is 10.8. The van der Waals surface area contributed by atoms with Gasteiger partial charge < -0.3 is 8.97 Å². The Morgan fingerprint density at radius 3 is 1.70 bits per heavy atom. The molecule has 0 N–H and O–H groups in total. The van der Waals surface area contributed by atoms with Crippen molar-refractivity contribution in [3.8, 4) is 0 Å². The predicted molar refractivity (Wildman–Crippen MR) is 104 cm³/mol. The minimum absolute atomic E-state index is 1.36. The van der Waals surface area contributed by atoms with E-state index in [1.54, 1.807) is 0 Å². The number of hydrogen-bond acceptors (Lipinski definition) is 0. The molecule has 0 amide bonds. The fourth-order valence-corrected chi connectivity index (χ4v) is 4.44. The van der Waals surface area contributed by atoms with Crippen LogP contribution in [0.25, 0.3) is 0 Å². The van der Waals surface area contributed by atoms with E-state index >= 15 is 0 Å². The van der Waals surface area contributed by atoms with E-state index in [9.17, 15) is 0 Å². The fraction of sp³-hybridized carbons (Fsp3) is 1.00. The topological polar surface area (TPSA) is 0 Å². The number of unbranched alkanes of at least 4 members (excludes halogenated alkanes) is 4. The van der Waals surface area contributed by atoms with Gasteiger partial charge in [-0.25, -0.2) is 0 Å². The summed E-state index contributed by atoms with van der Waals surface area (Å²) in [6, 6.07) is 0. The maximum Gasteiger partial charge on any atom is 0.0788 e. The summed E-state index contributed by atoms with van der Waals surface area (Å²) in [5.74, 6) is 0. The van der Waals surface area contributed by atoms with E-state index in [0.29, 0.717) is 0 Å². The monoisotopic (exact) mass is 326 g/mol. The average Bonchev–Trinajstić information content (AvgIpc) is 3.21. The fourth-order valence-electron chi connectivity index (χ4n) is 4.44. The van der Waals surface area contributed by atoms with Crippen LogP contribution in [0.1, 0.15) is 85.0 Å². The minimum atomic E-state index is 1.36. The van der Waals surface area contributed by atoms with Crippen LogP contribution in [0.2, 0.25) is 0 Å². The first kappa shape index (κ1) is 21.0. The van der Waals surface area contributed by atoms with E-state index in [-0.39, 0.29) is 0 Å². The Kier molecular flexibility index (Phi) is 10.5. The van der Waals surface area contributed by atoms with Gasteiger partial charge >= 0.3 is 0 Å². The molecule has 2 heteroatoms. The summed E-state index contributed by atoms with van der Waals surface area (Å²) >= 11 is 0. The standard InChI is InChI=1S/C11H24N.C10H22N/c1-3-4-5-6-9-12(2)10-7-8-11-12;1-3-5-8-11(4-2)9-6-7-10-11/h3-11H2,1-2H3;3-10H2,1-2H3/q2*+1. The average molecular weight is 327 g/mol. The van der Waals surface area contributed by atoms with Gasteiger partial charge in [0.25, 0.3) is 0 Å². The van der Waals surface area contributed by atoms with Crippen LogP contribution in [0.15, 0.2) is 0 Å². The smallest absolute Gasteiger partial charge is 0.0788 e. The molecule has 2 rings (SSSR count). The number of likely N-dealkylation sites (tertiary alicyclic amines) is 2. The zero-order chi connectivity index (χ0) is 17.0. The number of quaternary nitrogens is 2. The highest BCUT2D eigenvalue weighted by Gasteiger charge is 2.28. The van der Waals surface area contributed by atoms with Gasteiger partial charge in [0.1, 0.15) is 0 Å². The normalized spacial score (nSPS) is 21.9. The lowest BCUT2D eigenvalue weighted by Gasteiger charge is -2.32. The van der Waals surface area contributed by atoms with Gasteiger partial charge in [0.2, 0.25) is 0 Å². The largest absolute Gasteiger partial charge is 0.326 e. The van der Waals surface area contributed by atoms with Gasteiger partial charge in [-0.3, -0.25) is 0 Å². The highest BCUT2D eigenvalue weighted by molar-refractivity contribution is 4.54. The molecule has 0 saturated carbocycles. The number of nitrogens with zero attached hydrogens (tertiary/aromatic N) is 2. The Bertz CT molecular complexity index is 276. The van der Waals surface area contributed by atoms with Crippen molar-refractivity contribution in [2.45, 2.75) is 85.0 Å². The van der Waals surface area contributed by atoms with Gasteiger partial charge in [-0.15, -0.1) is 0 Å². The number of hydrogen-bond donors (Lipinski definition) is 0. The third-order valence-corrected chi connectivity index (χ3v) is 6.37. The van der Waals surface area contributed by atoms with Crippen LogP contribution in [-0.2, 0) is 0 Å². The molecule has 0 unspecified atom stereocenters. The highest BCUT2D eigenvalue weighted by atomic mass is 15.4. The van der Waals surface area contributed by atoms with Crippen molar-refractivity contribution in [3.05, 3.63) is 0 Å². The molecule has 0 aromatic rings. The quantitative estimate of drug-likeness (QED) is 0.402. The van der Waals surface area contributed by atoms with E-state index in [0.717, 1.165) is 0 Å². The summed E-state index contributed by atoms with van der Waals surface area (Å²) in [5, 5.41) is 0. The molecule has 2 nitrogen and oxygen atoms in total. The molecular weight excluding hydrogens is 280 g/mol. The van der Waals surface area contributed by atoms with E-state index in [4.69, 9.17) is 0 Å². The molecule has 2 saturated heterocycles. The van der Waals surface area contributed by atoms with Crippen LogP contribution in [0.5, 0.6) is 0 Å². The van der Waals surface area contributed by atoms with Crippen LogP contribution < -0.4 is 0 Å². The zero-order valence-corrected chi connectivity index (χ0v) is 16.9. The van der Waals surface area contributed by atoms with Gasteiger partial charge in [-0.05, 0) is 26.2 Å². The third kappa shape index (κ3) is 8.03. The Hall–Kier alpha value is -0.0800. The van der Waals surface area contributed by atoms with Gasteiger partial charge in [0.15, 0.2) is 0 Å². The lowest BCUT2D eigenvalue weighted by atomic mass is 10.2. The van der Waals surface area contributed by atoms with Crippen molar-refractivity contribution in [2.75, 3.05) is 52.9 Å². The predicted octanol–water partition coefficient (Wildman–Crippen LogP) is 5.22.